The first-order chi connectivity index (χ1) is 7.87. The first-order valence-electron chi connectivity index (χ1n) is 6.15. The lowest BCUT2D eigenvalue weighted by molar-refractivity contribution is 0.467. The maximum Gasteiger partial charge on any atom is 0.0671 e. The predicted molar refractivity (Wildman–Crippen MR) is 68.5 cm³/mol. The molecule has 0 aromatic heterocycles. The fourth-order valence-electron chi connectivity index (χ4n) is 3.25. The third-order valence-corrected chi connectivity index (χ3v) is 3.99. The highest BCUT2D eigenvalue weighted by molar-refractivity contribution is 6.02. The largest absolute Gasteiger partial charge is 0.257 e. The van der Waals surface area contributed by atoms with Crippen molar-refractivity contribution in [3.8, 4) is 0 Å². The van der Waals surface area contributed by atoms with Crippen LogP contribution in [0.25, 0.3) is 0 Å². The Morgan fingerprint density at radius 2 is 2.19 bits per heavy atom. The monoisotopic (exact) mass is 211 g/mol. The number of benzene rings is 1. The minimum Gasteiger partial charge on any atom is -0.257 e. The first kappa shape index (κ1) is 9.83. The Balaban J connectivity index is 2.16. The van der Waals surface area contributed by atoms with Gasteiger partial charge in [-0.15, -0.1) is 6.58 Å². The number of aliphatic imine (C=N–C) groups is 1. The number of rotatable bonds is 2. The van der Waals surface area contributed by atoms with Crippen molar-refractivity contribution in [3.63, 3.8) is 0 Å². The van der Waals surface area contributed by atoms with Gasteiger partial charge in [-0.3, -0.25) is 4.99 Å². The highest BCUT2D eigenvalue weighted by Gasteiger charge is 2.43. The van der Waals surface area contributed by atoms with Crippen molar-refractivity contribution in [2.45, 2.75) is 37.5 Å². The Morgan fingerprint density at radius 3 is 3.06 bits per heavy atom. The average molecular weight is 211 g/mol. The summed E-state index contributed by atoms with van der Waals surface area (Å²) in [5.41, 5.74) is 4.24. The zero-order valence-electron chi connectivity index (χ0n) is 9.58. The van der Waals surface area contributed by atoms with Crippen LogP contribution in [0.3, 0.4) is 0 Å². The summed E-state index contributed by atoms with van der Waals surface area (Å²) in [6, 6.07) is 8.62. The van der Waals surface area contributed by atoms with Gasteiger partial charge in [0.1, 0.15) is 0 Å². The third kappa shape index (κ3) is 1.21. The molecule has 0 amide bonds. The summed E-state index contributed by atoms with van der Waals surface area (Å²) in [5, 5.41) is 0. The summed E-state index contributed by atoms with van der Waals surface area (Å²) in [7, 11) is 0. The molecule has 0 N–H and O–H groups in total. The Labute approximate surface area is 96.9 Å². The molecule has 1 saturated carbocycles. The van der Waals surface area contributed by atoms with Crippen molar-refractivity contribution in [1.29, 1.82) is 0 Å². The molecule has 1 nitrogen and oxygen atoms in total. The van der Waals surface area contributed by atoms with Gasteiger partial charge in [-0.2, -0.15) is 0 Å². The van der Waals surface area contributed by atoms with Crippen LogP contribution in [0.15, 0.2) is 41.9 Å². The third-order valence-electron chi connectivity index (χ3n) is 3.99. The van der Waals surface area contributed by atoms with Crippen LogP contribution in [0.2, 0.25) is 0 Å². The van der Waals surface area contributed by atoms with E-state index in [1.54, 1.807) is 0 Å². The summed E-state index contributed by atoms with van der Waals surface area (Å²) >= 11 is 0. The number of nitrogens with zero attached hydrogens (tertiary/aromatic N) is 1. The standard InChI is InChI=1S/C15H17N/c1-2-10-15-11-6-5-9-14(15)16-13-8-4-3-7-12(13)15/h2-4,7-8H,1,5-6,9-11H2. The molecule has 1 atom stereocenters. The minimum absolute atomic E-state index is 0.205. The van der Waals surface area contributed by atoms with Crippen molar-refractivity contribution < 1.29 is 0 Å². The second-order valence-electron chi connectivity index (χ2n) is 4.86. The van der Waals surface area contributed by atoms with Crippen LogP contribution in [-0.2, 0) is 5.41 Å². The van der Waals surface area contributed by atoms with Crippen molar-refractivity contribution in [2.24, 2.45) is 4.99 Å². The van der Waals surface area contributed by atoms with Gasteiger partial charge in [0, 0.05) is 11.1 Å². The van der Waals surface area contributed by atoms with E-state index in [1.165, 1.54) is 42.6 Å². The van der Waals surface area contributed by atoms with Crippen LogP contribution in [0.4, 0.5) is 5.69 Å². The van der Waals surface area contributed by atoms with E-state index in [0.717, 1.165) is 6.42 Å². The maximum atomic E-state index is 4.83. The molecule has 0 spiro atoms. The van der Waals surface area contributed by atoms with Crippen LogP contribution in [0.5, 0.6) is 0 Å². The Bertz CT molecular complexity index is 458. The molecule has 1 unspecified atom stereocenters. The fraction of sp³-hybridized carbons (Fsp3) is 0.400. The SMILES string of the molecule is C=CCC12CCCCC1=Nc1ccccc12. The van der Waals surface area contributed by atoms with E-state index in [-0.39, 0.29) is 5.41 Å². The van der Waals surface area contributed by atoms with E-state index in [1.807, 2.05) is 0 Å². The maximum absolute atomic E-state index is 4.83. The average Bonchev–Trinajstić information content (AvgIpc) is 2.64. The topological polar surface area (TPSA) is 12.4 Å². The van der Waals surface area contributed by atoms with Gasteiger partial charge >= 0.3 is 0 Å². The number of para-hydroxylation sites is 1. The molecule has 1 aliphatic carbocycles. The lowest BCUT2D eigenvalue weighted by atomic mass is 9.67. The molecular formula is C15H17N. The van der Waals surface area contributed by atoms with Gasteiger partial charge in [-0.25, -0.2) is 0 Å². The van der Waals surface area contributed by atoms with Gasteiger partial charge in [0.25, 0.3) is 0 Å². The summed E-state index contributed by atoms with van der Waals surface area (Å²) < 4.78 is 0. The van der Waals surface area contributed by atoms with Gasteiger partial charge in [0.15, 0.2) is 0 Å². The molecule has 3 rings (SSSR count). The summed E-state index contributed by atoms with van der Waals surface area (Å²) in [4.78, 5) is 4.83. The lowest BCUT2D eigenvalue weighted by Gasteiger charge is -2.35. The van der Waals surface area contributed by atoms with Gasteiger partial charge in [-0.1, -0.05) is 30.7 Å². The number of fused-ring (bicyclic) bond motifs is 3. The molecule has 0 saturated heterocycles. The first-order valence-corrected chi connectivity index (χ1v) is 6.15. The highest BCUT2D eigenvalue weighted by atomic mass is 14.8. The van der Waals surface area contributed by atoms with E-state index >= 15 is 0 Å². The van der Waals surface area contributed by atoms with Crippen LogP contribution in [0.1, 0.15) is 37.7 Å². The number of hydrogen-bond acceptors (Lipinski definition) is 1. The van der Waals surface area contributed by atoms with E-state index in [4.69, 9.17) is 4.99 Å². The zero-order valence-corrected chi connectivity index (χ0v) is 9.58. The van der Waals surface area contributed by atoms with Gasteiger partial charge in [-0.05, 0) is 37.3 Å². The molecule has 1 heterocycles. The highest BCUT2D eigenvalue weighted by Crippen LogP contribution is 2.49. The minimum atomic E-state index is 0.205. The summed E-state index contributed by atoms with van der Waals surface area (Å²) in [5.74, 6) is 0. The van der Waals surface area contributed by atoms with Gasteiger partial charge in [0.2, 0.25) is 0 Å². The smallest absolute Gasteiger partial charge is 0.0671 e. The molecule has 1 heteroatoms. The second kappa shape index (κ2) is 3.58. The number of allylic oxidation sites excluding steroid dienone is 1. The van der Waals surface area contributed by atoms with E-state index in [2.05, 4.69) is 36.9 Å². The molecule has 1 aliphatic heterocycles. The van der Waals surface area contributed by atoms with Crippen molar-refractivity contribution in [3.05, 3.63) is 42.5 Å². The van der Waals surface area contributed by atoms with E-state index in [0.29, 0.717) is 0 Å². The molecule has 2 aliphatic rings. The van der Waals surface area contributed by atoms with Crippen LogP contribution >= 0.6 is 0 Å². The van der Waals surface area contributed by atoms with Crippen LogP contribution < -0.4 is 0 Å². The molecule has 1 aromatic carbocycles. The van der Waals surface area contributed by atoms with Crippen molar-refractivity contribution >= 4 is 11.4 Å². The van der Waals surface area contributed by atoms with Crippen LogP contribution in [-0.4, -0.2) is 5.71 Å². The van der Waals surface area contributed by atoms with Crippen molar-refractivity contribution in [2.75, 3.05) is 0 Å². The molecule has 16 heavy (non-hydrogen) atoms. The van der Waals surface area contributed by atoms with E-state index in [9.17, 15) is 0 Å². The Kier molecular flexibility index (Phi) is 2.20. The Hall–Kier alpha value is -1.37. The Morgan fingerprint density at radius 1 is 1.31 bits per heavy atom. The number of hydrogen-bond donors (Lipinski definition) is 0. The normalized spacial score (nSPS) is 26.9. The predicted octanol–water partition coefficient (Wildman–Crippen LogP) is 4.16. The quantitative estimate of drug-likeness (QED) is 0.651. The molecular weight excluding hydrogens is 194 g/mol. The molecule has 0 bridgehead atoms. The molecule has 0 radical (unpaired) electrons. The summed E-state index contributed by atoms with van der Waals surface area (Å²) in [6.07, 6.45) is 8.14. The molecule has 82 valence electrons. The second-order valence-corrected chi connectivity index (χ2v) is 4.86. The summed E-state index contributed by atoms with van der Waals surface area (Å²) in [6.45, 7) is 3.93. The lowest BCUT2D eigenvalue weighted by Crippen LogP contribution is -2.35. The van der Waals surface area contributed by atoms with Crippen molar-refractivity contribution in [1.82, 2.24) is 0 Å². The van der Waals surface area contributed by atoms with Crippen LogP contribution in [0, 0.1) is 0 Å². The van der Waals surface area contributed by atoms with Gasteiger partial charge in [0.05, 0.1) is 5.69 Å². The molecule has 1 aromatic rings. The van der Waals surface area contributed by atoms with E-state index < -0.39 is 0 Å². The van der Waals surface area contributed by atoms with Gasteiger partial charge < -0.3 is 0 Å². The zero-order chi connectivity index (χ0) is 11.0. The fourth-order valence-corrected chi connectivity index (χ4v) is 3.25. The molecule has 1 fully saturated rings.